The van der Waals surface area contributed by atoms with Gasteiger partial charge in [0.1, 0.15) is 6.61 Å². The summed E-state index contributed by atoms with van der Waals surface area (Å²) in [5, 5.41) is 0. The first-order valence-electron chi connectivity index (χ1n) is 28.4. The maximum atomic E-state index is 12.7. The molecule has 0 bridgehead atoms. The summed E-state index contributed by atoms with van der Waals surface area (Å²) in [4.78, 5) is 35.1. The molecule has 2 atom stereocenters. The lowest BCUT2D eigenvalue weighted by Crippen LogP contribution is -2.29. The molecule has 0 radical (unpaired) electrons. The maximum Gasteiger partial charge on any atom is 0.472 e. The topological polar surface area (TPSA) is 134 Å². The van der Waals surface area contributed by atoms with Crippen LogP contribution in [0, 0.1) is 0 Å². The standard InChI is InChI=1S/C59H106NO8P/c1-3-5-7-9-11-13-15-17-19-20-21-22-23-24-25-26-27-28-29-30-31-32-33-34-35-36-38-40-42-44-46-48-50-52-59(62)68-57(56-67-69(63,64)66-54-53-60)55-65-58(61)51-49-47-45-43-41-39-37-18-16-14-12-10-8-6-4-2/h6,8,12,14-15,17-18,20-21,23-24,37,57H,3-5,7,9-11,13,16,19,22,25-36,38-56,60H2,1-2H3,(H,63,64)/b8-6-,14-12-,17-15-,21-20-,24-23-,37-18-. The molecule has 0 amide bonds. The van der Waals surface area contributed by atoms with Crippen LogP contribution in [0.2, 0.25) is 0 Å². The number of nitrogens with two attached hydrogens (primary N) is 1. The van der Waals surface area contributed by atoms with Crippen LogP contribution in [0.4, 0.5) is 0 Å². The molecule has 9 nitrogen and oxygen atoms in total. The van der Waals surface area contributed by atoms with Crippen LogP contribution in [0.25, 0.3) is 0 Å². The number of hydrogen-bond donors (Lipinski definition) is 2. The predicted molar refractivity (Wildman–Crippen MR) is 293 cm³/mol. The molecule has 10 heteroatoms. The van der Waals surface area contributed by atoms with E-state index in [9.17, 15) is 19.0 Å². The second-order valence-corrected chi connectivity index (χ2v) is 20.2. The molecular weight excluding hydrogens is 882 g/mol. The van der Waals surface area contributed by atoms with Gasteiger partial charge in [0.05, 0.1) is 13.2 Å². The van der Waals surface area contributed by atoms with Crippen LogP contribution < -0.4 is 5.73 Å². The van der Waals surface area contributed by atoms with Crippen LogP contribution in [0.5, 0.6) is 0 Å². The number of esters is 2. The third-order valence-electron chi connectivity index (χ3n) is 12.1. The highest BCUT2D eigenvalue weighted by atomic mass is 31.2. The van der Waals surface area contributed by atoms with E-state index in [2.05, 4.69) is 86.8 Å². The van der Waals surface area contributed by atoms with Crippen molar-refractivity contribution in [2.75, 3.05) is 26.4 Å². The van der Waals surface area contributed by atoms with Gasteiger partial charge in [-0.05, 0) is 83.5 Å². The van der Waals surface area contributed by atoms with Gasteiger partial charge in [0.15, 0.2) is 6.10 Å². The van der Waals surface area contributed by atoms with Crippen LogP contribution in [-0.4, -0.2) is 49.3 Å². The SMILES string of the molecule is CC/C=C\C/C=C\C/C=C\CCCCCCCC(=O)OCC(COP(=O)(O)OCCN)OC(=O)CCCCCCCCCCCCCCCCCCCC/C=C\C/C=C\C/C=C\CCCCCCC. The third-order valence-corrected chi connectivity index (χ3v) is 13.1. The van der Waals surface area contributed by atoms with E-state index in [1.807, 2.05) is 0 Å². The molecule has 2 unspecified atom stereocenters. The number of carbonyl (C=O) groups is 2. The molecule has 0 aliphatic carbocycles. The smallest absolute Gasteiger partial charge is 0.462 e. The number of phosphoric ester groups is 1. The summed E-state index contributed by atoms with van der Waals surface area (Å²) in [6.45, 7) is 3.61. The van der Waals surface area contributed by atoms with Crippen molar-refractivity contribution < 1.29 is 37.6 Å². The van der Waals surface area contributed by atoms with Crippen molar-refractivity contribution in [1.82, 2.24) is 0 Å². The van der Waals surface area contributed by atoms with Crippen molar-refractivity contribution in [3.8, 4) is 0 Å². The van der Waals surface area contributed by atoms with E-state index in [4.69, 9.17) is 24.3 Å². The molecule has 400 valence electrons. The zero-order valence-electron chi connectivity index (χ0n) is 44.5. The molecule has 0 saturated carbocycles. The van der Waals surface area contributed by atoms with Crippen LogP contribution >= 0.6 is 7.82 Å². The van der Waals surface area contributed by atoms with Crippen LogP contribution in [-0.2, 0) is 32.7 Å². The van der Waals surface area contributed by atoms with Crippen LogP contribution in [0.15, 0.2) is 72.9 Å². The Hall–Kier alpha value is -2.55. The van der Waals surface area contributed by atoms with Gasteiger partial charge in [-0.1, -0.05) is 234 Å². The van der Waals surface area contributed by atoms with Crippen LogP contribution in [0.3, 0.4) is 0 Å². The van der Waals surface area contributed by atoms with E-state index in [1.54, 1.807) is 0 Å². The first-order chi connectivity index (χ1) is 33.8. The molecule has 0 aliphatic rings. The van der Waals surface area contributed by atoms with E-state index < -0.39 is 32.5 Å². The van der Waals surface area contributed by atoms with E-state index >= 15 is 0 Å². The summed E-state index contributed by atoms with van der Waals surface area (Å²) < 4.78 is 32.9. The molecule has 69 heavy (non-hydrogen) atoms. The Bertz CT molecular complexity index is 1360. The molecule has 0 heterocycles. The van der Waals surface area contributed by atoms with Gasteiger partial charge in [0, 0.05) is 19.4 Å². The summed E-state index contributed by atoms with van der Waals surface area (Å²) in [7, 11) is -4.39. The molecule has 0 aromatic rings. The quantitative estimate of drug-likeness (QED) is 0.0264. The molecule has 0 rings (SSSR count). The zero-order valence-corrected chi connectivity index (χ0v) is 45.4. The number of allylic oxidation sites excluding steroid dienone is 12. The van der Waals surface area contributed by atoms with Gasteiger partial charge in [-0.2, -0.15) is 0 Å². The molecular formula is C59H106NO8P. The predicted octanol–water partition coefficient (Wildman–Crippen LogP) is 17.7. The minimum atomic E-state index is -4.39. The van der Waals surface area contributed by atoms with Crippen molar-refractivity contribution >= 4 is 19.8 Å². The molecule has 0 saturated heterocycles. The van der Waals surface area contributed by atoms with Crippen molar-refractivity contribution in [3.05, 3.63) is 72.9 Å². The Morgan fingerprint density at radius 2 is 0.797 bits per heavy atom. The number of ether oxygens (including phenoxy) is 2. The van der Waals surface area contributed by atoms with Gasteiger partial charge in [0.2, 0.25) is 0 Å². The fourth-order valence-corrected chi connectivity index (χ4v) is 8.66. The first kappa shape index (κ1) is 66.5. The first-order valence-corrected chi connectivity index (χ1v) is 29.9. The third kappa shape index (κ3) is 54.6. The van der Waals surface area contributed by atoms with Crippen molar-refractivity contribution in [2.45, 2.75) is 264 Å². The Balaban J connectivity index is 3.90. The Morgan fingerprint density at radius 1 is 0.449 bits per heavy atom. The fourth-order valence-electron chi connectivity index (χ4n) is 7.89. The number of hydrogen-bond acceptors (Lipinski definition) is 8. The van der Waals surface area contributed by atoms with Crippen molar-refractivity contribution in [2.24, 2.45) is 5.73 Å². The lowest BCUT2D eigenvalue weighted by molar-refractivity contribution is -0.161. The highest BCUT2D eigenvalue weighted by molar-refractivity contribution is 7.47. The molecule has 0 aliphatic heterocycles. The van der Waals surface area contributed by atoms with Crippen molar-refractivity contribution in [1.29, 1.82) is 0 Å². The Morgan fingerprint density at radius 3 is 1.19 bits per heavy atom. The minimum absolute atomic E-state index is 0.0490. The second-order valence-electron chi connectivity index (χ2n) is 18.8. The lowest BCUT2D eigenvalue weighted by Gasteiger charge is -2.19. The molecule has 0 fully saturated rings. The zero-order chi connectivity index (χ0) is 50.2. The molecule has 0 aromatic heterocycles. The Kier molecular flexibility index (Phi) is 52.8. The van der Waals surface area contributed by atoms with Crippen LogP contribution in [0.1, 0.15) is 258 Å². The summed E-state index contributed by atoms with van der Waals surface area (Å²) >= 11 is 0. The van der Waals surface area contributed by atoms with Gasteiger partial charge in [-0.3, -0.25) is 18.6 Å². The second kappa shape index (κ2) is 54.8. The van der Waals surface area contributed by atoms with E-state index in [0.717, 1.165) is 83.5 Å². The fraction of sp³-hybridized carbons (Fsp3) is 0.763. The van der Waals surface area contributed by atoms with E-state index in [0.29, 0.717) is 12.8 Å². The molecule has 0 aromatic carbocycles. The highest BCUT2D eigenvalue weighted by Crippen LogP contribution is 2.43. The van der Waals surface area contributed by atoms with Gasteiger partial charge >= 0.3 is 19.8 Å². The van der Waals surface area contributed by atoms with Gasteiger partial charge in [-0.25, -0.2) is 4.57 Å². The summed E-state index contributed by atoms with van der Waals surface area (Å²) in [5.41, 5.74) is 5.37. The van der Waals surface area contributed by atoms with Gasteiger partial charge in [0.25, 0.3) is 0 Å². The number of phosphoric acid groups is 1. The summed E-state index contributed by atoms with van der Waals surface area (Å²) in [6.07, 6.45) is 69.7. The minimum Gasteiger partial charge on any atom is -0.462 e. The number of carbonyl (C=O) groups excluding carboxylic acids is 2. The summed E-state index contributed by atoms with van der Waals surface area (Å²) in [5.74, 6) is -0.844. The largest absolute Gasteiger partial charge is 0.472 e. The number of rotatable bonds is 53. The monoisotopic (exact) mass is 988 g/mol. The van der Waals surface area contributed by atoms with Gasteiger partial charge < -0.3 is 20.1 Å². The van der Waals surface area contributed by atoms with Gasteiger partial charge in [-0.15, -0.1) is 0 Å². The van der Waals surface area contributed by atoms with Crippen molar-refractivity contribution in [3.63, 3.8) is 0 Å². The molecule has 0 spiro atoms. The van der Waals surface area contributed by atoms with E-state index in [1.165, 1.54) is 135 Å². The average Bonchev–Trinajstić information content (AvgIpc) is 3.34. The normalized spacial score (nSPS) is 13.6. The lowest BCUT2D eigenvalue weighted by atomic mass is 10.0. The average molecular weight is 988 g/mol. The maximum absolute atomic E-state index is 12.7. The number of unbranched alkanes of at least 4 members (excludes halogenated alkanes) is 28. The van der Waals surface area contributed by atoms with E-state index in [-0.39, 0.29) is 32.6 Å². The summed E-state index contributed by atoms with van der Waals surface area (Å²) in [6, 6.07) is 0. The molecule has 3 N–H and O–H groups in total. The highest BCUT2D eigenvalue weighted by Gasteiger charge is 2.26. The Labute approximate surface area is 424 Å².